The topological polar surface area (TPSA) is 62.8 Å². The third-order valence-electron chi connectivity index (χ3n) is 3.82. The van der Waals surface area contributed by atoms with Gasteiger partial charge in [0.1, 0.15) is 6.61 Å². The summed E-state index contributed by atoms with van der Waals surface area (Å²) in [5, 5.41) is 16.4. The third-order valence-corrected chi connectivity index (χ3v) is 4.19. The lowest BCUT2D eigenvalue weighted by molar-refractivity contribution is 0.191. The zero-order valence-electron chi connectivity index (χ0n) is 16.1. The van der Waals surface area contributed by atoms with Crippen molar-refractivity contribution in [2.75, 3.05) is 26.7 Å². The number of hydrogen-bond donors (Lipinski definition) is 3. The summed E-state index contributed by atoms with van der Waals surface area (Å²) in [4.78, 5) is 0. The number of ether oxygens (including phenoxy) is 2. The molecule has 0 spiro atoms. The molecule has 0 saturated carbocycles. The van der Waals surface area contributed by atoms with E-state index in [-0.39, 0.29) is 30.9 Å². The second-order valence-electron chi connectivity index (χ2n) is 6.10. The lowest BCUT2D eigenvalue weighted by Gasteiger charge is -2.13. The van der Waals surface area contributed by atoms with Crippen molar-refractivity contribution in [3.05, 3.63) is 58.6 Å². The largest absolute Gasteiger partial charge is 0.493 e. The minimum absolute atomic E-state index is 0. The SMILES string of the molecule is COc1cc(CNCCNCC(C)O)ccc1OCc1ccccc1Cl.Cl.Cl. The van der Waals surface area contributed by atoms with Crippen LogP contribution in [0, 0.1) is 0 Å². The maximum absolute atomic E-state index is 9.19. The predicted octanol–water partition coefficient (Wildman–Crippen LogP) is 3.83. The number of rotatable bonds is 11. The van der Waals surface area contributed by atoms with E-state index in [2.05, 4.69) is 10.6 Å². The number of halogens is 3. The van der Waals surface area contributed by atoms with E-state index in [9.17, 15) is 5.11 Å². The van der Waals surface area contributed by atoms with Crippen LogP contribution in [-0.4, -0.2) is 38.0 Å². The van der Waals surface area contributed by atoms with E-state index in [0.717, 1.165) is 30.8 Å². The molecular formula is C20H29Cl3N2O3. The maximum atomic E-state index is 9.19. The van der Waals surface area contributed by atoms with Gasteiger partial charge in [-0.05, 0) is 30.7 Å². The molecule has 1 atom stereocenters. The molecule has 3 N–H and O–H groups in total. The molecule has 0 fully saturated rings. The molecule has 0 bridgehead atoms. The van der Waals surface area contributed by atoms with Crippen molar-refractivity contribution in [1.82, 2.24) is 10.6 Å². The quantitative estimate of drug-likeness (QED) is 0.453. The fourth-order valence-electron chi connectivity index (χ4n) is 2.43. The Morgan fingerprint density at radius 1 is 1.04 bits per heavy atom. The molecule has 2 rings (SSSR count). The molecule has 0 saturated heterocycles. The Balaban J connectivity index is 0.00000364. The van der Waals surface area contributed by atoms with Crippen LogP contribution < -0.4 is 20.1 Å². The second-order valence-corrected chi connectivity index (χ2v) is 6.50. The van der Waals surface area contributed by atoms with E-state index >= 15 is 0 Å². The molecular weight excluding hydrogens is 423 g/mol. The first-order chi connectivity index (χ1) is 12.6. The third kappa shape index (κ3) is 9.32. The van der Waals surface area contributed by atoms with Crippen molar-refractivity contribution in [3.63, 3.8) is 0 Å². The van der Waals surface area contributed by atoms with E-state index in [1.54, 1.807) is 14.0 Å². The Bertz CT molecular complexity index is 687. The molecule has 0 aromatic heterocycles. The number of benzene rings is 2. The molecule has 5 nitrogen and oxygen atoms in total. The minimum Gasteiger partial charge on any atom is -0.493 e. The average Bonchev–Trinajstić information content (AvgIpc) is 2.64. The molecule has 0 aliphatic carbocycles. The summed E-state index contributed by atoms with van der Waals surface area (Å²) in [7, 11) is 1.63. The van der Waals surface area contributed by atoms with Crippen molar-refractivity contribution in [2.24, 2.45) is 0 Å². The molecule has 1 unspecified atom stereocenters. The van der Waals surface area contributed by atoms with E-state index in [4.69, 9.17) is 21.1 Å². The summed E-state index contributed by atoms with van der Waals surface area (Å²) in [6.45, 7) is 5.12. The summed E-state index contributed by atoms with van der Waals surface area (Å²) in [5.74, 6) is 1.39. The van der Waals surface area contributed by atoms with Gasteiger partial charge in [0.05, 0.1) is 13.2 Å². The van der Waals surface area contributed by atoms with E-state index in [1.807, 2.05) is 42.5 Å². The van der Waals surface area contributed by atoms with Crippen molar-refractivity contribution in [3.8, 4) is 11.5 Å². The van der Waals surface area contributed by atoms with Gasteiger partial charge in [-0.25, -0.2) is 0 Å². The van der Waals surface area contributed by atoms with Gasteiger partial charge in [-0.15, -0.1) is 24.8 Å². The smallest absolute Gasteiger partial charge is 0.161 e. The number of methoxy groups -OCH3 is 1. The molecule has 2 aromatic rings. The number of aliphatic hydroxyl groups excluding tert-OH is 1. The van der Waals surface area contributed by atoms with E-state index in [1.165, 1.54) is 0 Å². The van der Waals surface area contributed by atoms with E-state index < -0.39 is 0 Å². The Kier molecular flexibility index (Phi) is 14.1. The summed E-state index contributed by atoms with van der Waals surface area (Å²) in [6.07, 6.45) is -0.322. The van der Waals surface area contributed by atoms with Crippen LogP contribution in [0.4, 0.5) is 0 Å². The van der Waals surface area contributed by atoms with Gasteiger partial charge in [0.2, 0.25) is 0 Å². The highest BCUT2D eigenvalue weighted by Gasteiger charge is 2.07. The Morgan fingerprint density at radius 3 is 2.43 bits per heavy atom. The molecule has 2 aromatic carbocycles. The lowest BCUT2D eigenvalue weighted by Crippen LogP contribution is -2.31. The van der Waals surface area contributed by atoms with Crippen LogP contribution in [0.1, 0.15) is 18.1 Å². The zero-order valence-corrected chi connectivity index (χ0v) is 18.5. The average molecular weight is 452 g/mol. The van der Waals surface area contributed by atoms with Crippen LogP contribution >= 0.6 is 36.4 Å². The van der Waals surface area contributed by atoms with Gasteiger partial charge < -0.3 is 25.2 Å². The summed E-state index contributed by atoms with van der Waals surface area (Å²) in [5.41, 5.74) is 2.05. The number of aliphatic hydroxyl groups is 1. The highest BCUT2D eigenvalue weighted by atomic mass is 35.5. The first-order valence-corrected chi connectivity index (χ1v) is 9.10. The highest BCUT2D eigenvalue weighted by molar-refractivity contribution is 6.31. The van der Waals surface area contributed by atoms with Crippen LogP contribution in [0.15, 0.2) is 42.5 Å². The lowest BCUT2D eigenvalue weighted by atomic mass is 10.2. The molecule has 0 radical (unpaired) electrons. The summed E-state index contributed by atoms with van der Waals surface area (Å²) < 4.78 is 11.3. The fourth-order valence-corrected chi connectivity index (χ4v) is 2.62. The minimum atomic E-state index is -0.322. The van der Waals surface area contributed by atoms with Crippen LogP contribution in [0.3, 0.4) is 0 Å². The first-order valence-electron chi connectivity index (χ1n) is 8.72. The van der Waals surface area contributed by atoms with Crippen LogP contribution in [0.25, 0.3) is 0 Å². The standard InChI is InChI=1S/C20H27ClN2O3.2ClH/c1-15(24)12-22-9-10-23-13-16-7-8-19(20(11-16)25-2)26-14-17-5-3-4-6-18(17)21;;/h3-8,11,15,22-24H,9-10,12-14H2,1-2H3;2*1H. The molecule has 28 heavy (non-hydrogen) atoms. The van der Waals surface area contributed by atoms with Crippen molar-refractivity contribution in [1.29, 1.82) is 0 Å². The van der Waals surface area contributed by atoms with Gasteiger partial charge in [-0.3, -0.25) is 0 Å². The summed E-state index contributed by atoms with van der Waals surface area (Å²) in [6, 6.07) is 13.5. The van der Waals surface area contributed by atoms with Crippen molar-refractivity contribution < 1.29 is 14.6 Å². The van der Waals surface area contributed by atoms with Gasteiger partial charge in [0.25, 0.3) is 0 Å². The van der Waals surface area contributed by atoms with Crippen molar-refractivity contribution in [2.45, 2.75) is 26.2 Å². The first kappa shape index (κ1) is 26.8. The Labute approximate surface area is 184 Å². The summed E-state index contributed by atoms with van der Waals surface area (Å²) >= 11 is 6.16. The fraction of sp³-hybridized carbons (Fsp3) is 0.400. The molecule has 158 valence electrons. The van der Waals surface area contributed by atoms with Crippen molar-refractivity contribution >= 4 is 36.4 Å². The van der Waals surface area contributed by atoms with Crippen LogP contribution in [0.2, 0.25) is 5.02 Å². The van der Waals surface area contributed by atoms with Crippen LogP contribution in [-0.2, 0) is 13.2 Å². The van der Waals surface area contributed by atoms with Gasteiger partial charge in [0.15, 0.2) is 11.5 Å². The number of nitrogens with one attached hydrogen (secondary N) is 2. The van der Waals surface area contributed by atoms with Gasteiger partial charge in [-0.2, -0.15) is 0 Å². The monoisotopic (exact) mass is 450 g/mol. The molecule has 8 heteroatoms. The molecule has 0 aliphatic heterocycles. The van der Waals surface area contributed by atoms with Gasteiger partial charge in [0, 0.05) is 36.8 Å². The predicted molar refractivity (Wildman–Crippen MR) is 120 cm³/mol. The number of hydrogen-bond acceptors (Lipinski definition) is 5. The highest BCUT2D eigenvalue weighted by Crippen LogP contribution is 2.29. The second kappa shape index (κ2) is 14.7. The normalized spacial score (nSPS) is 11.1. The molecule has 0 aliphatic rings. The maximum Gasteiger partial charge on any atom is 0.161 e. The van der Waals surface area contributed by atoms with Gasteiger partial charge >= 0.3 is 0 Å². The molecule has 0 amide bonds. The van der Waals surface area contributed by atoms with E-state index in [0.29, 0.717) is 29.7 Å². The Morgan fingerprint density at radius 2 is 1.75 bits per heavy atom. The zero-order chi connectivity index (χ0) is 18.8. The molecule has 0 heterocycles. The van der Waals surface area contributed by atoms with Gasteiger partial charge in [-0.1, -0.05) is 35.9 Å². The van der Waals surface area contributed by atoms with Crippen LogP contribution in [0.5, 0.6) is 11.5 Å². The Hall–Kier alpha value is -1.21.